The Labute approximate surface area is 141 Å². The number of hydrogen-bond acceptors (Lipinski definition) is 3. The lowest BCUT2D eigenvalue weighted by Gasteiger charge is -2.29. The van der Waals surface area contributed by atoms with E-state index in [0.717, 1.165) is 37.8 Å². The third kappa shape index (κ3) is 6.79. The first kappa shape index (κ1) is 20.9. The van der Waals surface area contributed by atoms with Crippen LogP contribution >= 0.6 is 0 Å². The van der Waals surface area contributed by atoms with Gasteiger partial charge in [-0.2, -0.15) is 13.2 Å². The Kier molecular flexibility index (Phi) is 8.73. The molecule has 0 aliphatic rings. The zero-order valence-electron chi connectivity index (χ0n) is 14.4. The van der Waals surface area contributed by atoms with Gasteiger partial charge in [-0.3, -0.25) is 0 Å². The van der Waals surface area contributed by atoms with Gasteiger partial charge in [-0.1, -0.05) is 12.1 Å². The van der Waals surface area contributed by atoms with Gasteiger partial charge in [0.25, 0.3) is 0 Å². The van der Waals surface area contributed by atoms with E-state index in [4.69, 9.17) is 9.47 Å². The minimum Gasteiger partial charge on any atom is -0.385 e. The first-order valence-corrected chi connectivity index (χ1v) is 8.21. The van der Waals surface area contributed by atoms with Crippen molar-refractivity contribution in [3.8, 4) is 0 Å². The van der Waals surface area contributed by atoms with Gasteiger partial charge in [0.1, 0.15) is 0 Å². The zero-order valence-corrected chi connectivity index (χ0v) is 14.4. The predicted octanol–water partition coefficient (Wildman–Crippen LogP) is 4.53. The lowest BCUT2D eigenvalue weighted by Crippen LogP contribution is -2.26. The molecule has 0 fully saturated rings. The van der Waals surface area contributed by atoms with Crippen molar-refractivity contribution in [3.63, 3.8) is 0 Å². The molecule has 3 nitrogen and oxygen atoms in total. The molecular weight excluding hydrogens is 321 g/mol. The van der Waals surface area contributed by atoms with Crippen LogP contribution < -0.4 is 0 Å². The third-order valence-corrected chi connectivity index (χ3v) is 4.13. The van der Waals surface area contributed by atoms with Crippen molar-refractivity contribution in [2.45, 2.75) is 50.3 Å². The molecule has 1 N–H and O–H groups in total. The van der Waals surface area contributed by atoms with E-state index in [0.29, 0.717) is 31.6 Å². The average molecular weight is 348 g/mol. The molecule has 0 atom stereocenters. The largest absolute Gasteiger partial charge is 0.416 e. The lowest BCUT2D eigenvalue weighted by atomic mass is 9.83. The lowest BCUT2D eigenvalue weighted by molar-refractivity contribution is -0.137. The summed E-state index contributed by atoms with van der Waals surface area (Å²) in [5.74, 6) is 0. The second-order valence-corrected chi connectivity index (χ2v) is 6.01. The van der Waals surface area contributed by atoms with Gasteiger partial charge >= 0.3 is 6.18 Å². The van der Waals surface area contributed by atoms with E-state index in [9.17, 15) is 18.3 Å². The Hall–Kier alpha value is -1.11. The number of alkyl halides is 3. The van der Waals surface area contributed by atoms with Gasteiger partial charge in [-0.05, 0) is 56.2 Å². The summed E-state index contributed by atoms with van der Waals surface area (Å²) in [6.07, 6.45) is -0.280. The van der Waals surface area contributed by atoms with Crippen LogP contribution in [0, 0.1) is 0 Å². The van der Waals surface area contributed by atoms with E-state index in [2.05, 4.69) is 0 Å². The number of halogens is 3. The van der Waals surface area contributed by atoms with Crippen LogP contribution in [0.4, 0.5) is 13.2 Å². The number of unbranched alkanes of at least 4 members (excludes halogenated alkanes) is 2. The molecule has 1 aromatic carbocycles. The highest BCUT2D eigenvalue weighted by Crippen LogP contribution is 2.35. The first-order valence-electron chi connectivity index (χ1n) is 8.21. The van der Waals surface area contributed by atoms with Gasteiger partial charge in [0.15, 0.2) is 0 Å². The highest BCUT2D eigenvalue weighted by molar-refractivity contribution is 5.28. The van der Waals surface area contributed by atoms with Crippen LogP contribution in [0.15, 0.2) is 24.3 Å². The summed E-state index contributed by atoms with van der Waals surface area (Å²) in [6, 6.07) is 4.83. The van der Waals surface area contributed by atoms with E-state index < -0.39 is 17.3 Å². The van der Waals surface area contributed by atoms with Crippen molar-refractivity contribution < 1.29 is 27.8 Å². The van der Waals surface area contributed by atoms with Gasteiger partial charge in [-0.25, -0.2) is 0 Å². The van der Waals surface area contributed by atoms with Gasteiger partial charge in [0, 0.05) is 27.4 Å². The van der Waals surface area contributed by atoms with Gasteiger partial charge < -0.3 is 14.6 Å². The fraction of sp³-hybridized carbons (Fsp3) is 0.667. The second kappa shape index (κ2) is 10.0. The van der Waals surface area contributed by atoms with E-state index in [-0.39, 0.29) is 0 Å². The standard InChI is InChI=1S/C18H27F3O3/c1-23-13-5-3-11-17(22,12-4-6-14-24-2)15-7-9-16(10-8-15)18(19,20)21/h7-10,22H,3-6,11-14H2,1-2H3. The molecular formula is C18H27F3O3. The molecule has 0 aromatic heterocycles. The highest BCUT2D eigenvalue weighted by atomic mass is 19.4. The van der Waals surface area contributed by atoms with Crippen molar-refractivity contribution in [3.05, 3.63) is 35.4 Å². The first-order chi connectivity index (χ1) is 11.3. The molecule has 0 bridgehead atoms. The van der Waals surface area contributed by atoms with Crippen LogP contribution in [0.2, 0.25) is 0 Å². The molecule has 1 aromatic rings. The van der Waals surface area contributed by atoms with Crippen LogP contribution in [-0.4, -0.2) is 32.5 Å². The molecule has 138 valence electrons. The molecule has 0 spiro atoms. The molecule has 0 aliphatic carbocycles. The summed E-state index contributed by atoms with van der Waals surface area (Å²) in [5, 5.41) is 11.0. The highest BCUT2D eigenvalue weighted by Gasteiger charge is 2.32. The minimum atomic E-state index is -4.37. The fourth-order valence-corrected chi connectivity index (χ4v) is 2.71. The van der Waals surface area contributed by atoms with Crippen molar-refractivity contribution >= 4 is 0 Å². The summed E-state index contributed by atoms with van der Waals surface area (Å²) in [7, 11) is 3.24. The van der Waals surface area contributed by atoms with E-state index in [1.165, 1.54) is 12.1 Å². The molecule has 6 heteroatoms. The quantitative estimate of drug-likeness (QED) is 0.597. The van der Waals surface area contributed by atoms with Crippen molar-refractivity contribution in [1.82, 2.24) is 0 Å². The maximum Gasteiger partial charge on any atom is 0.416 e. The maximum atomic E-state index is 12.7. The molecule has 0 aliphatic heterocycles. The van der Waals surface area contributed by atoms with E-state index in [1.54, 1.807) is 14.2 Å². The van der Waals surface area contributed by atoms with Crippen LogP contribution in [0.1, 0.15) is 49.7 Å². The van der Waals surface area contributed by atoms with Gasteiger partial charge in [0.05, 0.1) is 11.2 Å². The fourth-order valence-electron chi connectivity index (χ4n) is 2.71. The van der Waals surface area contributed by atoms with E-state index >= 15 is 0 Å². The zero-order chi connectivity index (χ0) is 18.1. The summed E-state index contributed by atoms with van der Waals surface area (Å²) in [4.78, 5) is 0. The van der Waals surface area contributed by atoms with Gasteiger partial charge in [-0.15, -0.1) is 0 Å². The molecule has 0 amide bonds. The second-order valence-electron chi connectivity index (χ2n) is 6.01. The topological polar surface area (TPSA) is 38.7 Å². The van der Waals surface area contributed by atoms with Crippen molar-refractivity contribution in [2.24, 2.45) is 0 Å². The number of aliphatic hydroxyl groups is 1. The molecule has 0 heterocycles. The Morgan fingerprint density at radius 1 is 0.792 bits per heavy atom. The minimum absolute atomic E-state index is 0.495. The van der Waals surface area contributed by atoms with Crippen LogP contribution in [0.3, 0.4) is 0 Å². The number of rotatable bonds is 11. The van der Waals surface area contributed by atoms with Crippen molar-refractivity contribution in [2.75, 3.05) is 27.4 Å². The molecule has 24 heavy (non-hydrogen) atoms. The number of hydrogen-bond donors (Lipinski definition) is 1. The smallest absolute Gasteiger partial charge is 0.385 e. The predicted molar refractivity (Wildman–Crippen MR) is 86.8 cm³/mol. The summed E-state index contributed by atoms with van der Waals surface area (Å²) >= 11 is 0. The van der Waals surface area contributed by atoms with E-state index in [1.807, 2.05) is 0 Å². The molecule has 0 radical (unpaired) electrons. The Balaban J connectivity index is 2.81. The molecule has 0 saturated heterocycles. The monoisotopic (exact) mass is 348 g/mol. The van der Waals surface area contributed by atoms with Gasteiger partial charge in [0.2, 0.25) is 0 Å². The summed E-state index contributed by atoms with van der Waals surface area (Å²) in [5.41, 5.74) is -1.29. The van der Waals surface area contributed by atoms with Crippen LogP contribution in [0.25, 0.3) is 0 Å². The SMILES string of the molecule is COCCCCC(O)(CCCCOC)c1ccc(C(F)(F)F)cc1. The molecule has 1 rings (SSSR count). The number of benzene rings is 1. The maximum absolute atomic E-state index is 12.7. The number of methoxy groups -OCH3 is 2. The average Bonchev–Trinajstić information content (AvgIpc) is 2.55. The summed E-state index contributed by atoms with van der Waals surface area (Å²) in [6.45, 7) is 1.21. The molecule has 0 saturated carbocycles. The molecule has 0 unspecified atom stereocenters. The number of ether oxygens (including phenoxy) is 2. The third-order valence-electron chi connectivity index (χ3n) is 4.13. The normalized spacial score (nSPS) is 12.6. The summed E-state index contributed by atoms with van der Waals surface area (Å²) < 4.78 is 48.1. The van der Waals surface area contributed by atoms with Crippen molar-refractivity contribution in [1.29, 1.82) is 0 Å². The Morgan fingerprint density at radius 2 is 1.21 bits per heavy atom. The Morgan fingerprint density at radius 3 is 1.58 bits per heavy atom. The Bertz CT molecular complexity index is 446. The van der Waals surface area contributed by atoms with Crippen LogP contribution in [0.5, 0.6) is 0 Å². The van der Waals surface area contributed by atoms with Crippen LogP contribution in [-0.2, 0) is 21.3 Å².